The maximum Gasteiger partial charge on any atom is 0.263 e. The van der Waals surface area contributed by atoms with Gasteiger partial charge in [-0.05, 0) is 19.9 Å². The number of nitrogens with zero attached hydrogens (tertiary/aromatic N) is 1. The Morgan fingerprint density at radius 3 is 2.64 bits per heavy atom. The molecular weight excluding hydrogens is 338 g/mol. The van der Waals surface area contributed by atoms with Crippen LogP contribution in [0.25, 0.3) is 10.1 Å². The summed E-state index contributed by atoms with van der Waals surface area (Å²) in [6, 6.07) is 10.7. The summed E-state index contributed by atoms with van der Waals surface area (Å²) in [7, 11) is 0. The maximum atomic E-state index is 13.0. The third kappa shape index (κ3) is 3.13. The third-order valence-corrected chi connectivity index (χ3v) is 4.98. The number of thiophene rings is 1. The van der Waals surface area contributed by atoms with Gasteiger partial charge in [-0.1, -0.05) is 30.3 Å². The lowest BCUT2D eigenvalue weighted by Crippen LogP contribution is -2.26. The molecule has 1 aromatic carbocycles. The van der Waals surface area contributed by atoms with Gasteiger partial charge in [-0.2, -0.15) is 0 Å². The number of Topliss-reactive ketones (excluding diaryl/α,β-unsaturated/α-hetero) is 1. The molecule has 0 aliphatic rings. The van der Waals surface area contributed by atoms with Crippen molar-refractivity contribution in [3.8, 4) is 5.75 Å². The second-order valence-electron chi connectivity index (χ2n) is 5.55. The van der Waals surface area contributed by atoms with Crippen molar-refractivity contribution in [2.24, 2.45) is 0 Å². The summed E-state index contributed by atoms with van der Waals surface area (Å²) >= 11 is 1.22. The van der Waals surface area contributed by atoms with Crippen LogP contribution in [0.4, 0.5) is 0 Å². The van der Waals surface area contributed by atoms with E-state index in [4.69, 9.17) is 4.74 Å². The van der Waals surface area contributed by atoms with Crippen LogP contribution in [-0.2, 0) is 6.54 Å². The van der Waals surface area contributed by atoms with Gasteiger partial charge in [-0.15, -0.1) is 11.3 Å². The Hall–Kier alpha value is -2.73. The van der Waals surface area contributed by atoms with Gasteiger partial charge in [0.15, 0.2) is 17.8 Å². The number of aldehydes is 1. The molecule has 6 heteroatoms. The first-order valence-corrected chi connectivity index (χ1v) is 8.71. The van der Waals surface area contributed by atoms with E-state index in [9.17, 15) is 14.4 Å². The van der Waals surface area contributed by atoms with Gasteiger partial charge in [0, 0.05) is 16.0 Å². The van der Waals surface area contributed by atoms with Gasteiger partial charge in [0.1, 0.15) is 10.3 Å². The zero-order valence-corrected chi connectivity index (χ0v) is 14.8. The number of fused-ring (bicyclic) bond motifs is 1. The highest BCUT2D eigenvalue weighted by molar-refractivity contribution is 7.21. The van der Waals surface area contributed by atoms with Crippen molar-refractivity contribution >= 4 is 33.5 Å². The summed E-state index contributed by atoms with van der Waals surface area (Å²) in [6.07, 6.45) is 0.698. The third-order valence-electron chi connectivity index (χ3n) is 3.94. The molecule has 0 aliphatic heterocycles. The first-order valence-electron chi connectivity index (χ1n) is 7.90. The molecule has 0 atom stereocenters. The number of hydrogen-bond acceptors (Lipinski definition) is 5. The molecule has 3 aromatic rings. The standard InChI is InChI=1S/C19H17NO4S/c1-3-24-18-16(11-21)25-15-9-12(2)20(19(23)17(15)18)10-14(22)13-7-5-4-6-8-13/h4-9,11H,3,10H2,1-2H3. The molecule has 0 unspecified atom stereocenters. The van der Waals surface area contributed by atoms with Gasteiger partial charge in [-0.25, -0.2) is 0 Å². The van der Waals surface area contributed by atoms with E-state index in [1.807, 2.05) is 12.1 Å². The summed E-state index contributed by atoms with van der Waals surface area (Å²) in [5.74, 6) is 0.164. The smallest absolute Gasteiger partial charge is 0.263 e. The van der Waals surface area contributed by atoms with E-state index in [0.717, 1.165) is 0 Å². The number of ether oxygens (including phenoxy) is 1. The summed E-state index contributed by atoms with van der Waals surface area (Å²) in [6.45, 7) is 3.87. The molecule has 2 heterocycles. The fraction of sp³-hybridized carbons (Fsp3) is 0.211. The maximum absolute atomic E-state index is 13.0. The number of pyridine rings is 1. The van der Waals surface area contributed by atoms with Crippen molar-refractivity contribution in [2.45, 2.75) is 20.4 Å². The zero-order chi connectivity index (χ0) is 18.0. The van der Waals surface area contributed by atoms with E-state index in [0.29, 0.717) is 44.9 Å². The fourth-order valence-corrected chi connectivity index (χ4v) is 3.79. The van der Waals surface area contributed by atoms with Crippen LogP contribution in [0, 0.1) is 6.92 Å². The Balaban J connectivity index is 2.13. The van der Waals surface area contributed by atoms with Gasteiger partial charge in [0.05, 0.1) is 13.2 Å². The van der Waals surface area contributed by atoms with Gasteiger partial charge < -0.3 is 9.30 Å². The van der Waals surface area contributed by atoms with Crippen LogP contribution in [0.1, 0.15) is 32.6 Å². The molecule has 0 N–H and O–H groups in total. The van der Waals surface area contributed by atoms with Crippen molar-refractivity contribution in [2.75, 3.05) is 6.61 Å². The van der Waals surface area contributed by atoms with Crippen LogP contribution in [0.3, 0.4) is 0 Å². The number of aromatic nitrogens is 1. The Labute approximate surface area is 148 Å². The number of aryl methyl sites for hydroxylation is 1. The van der Waals surface area contributed by atoms with Crippen LogP contribution in [0.2, 0.25) is 0 Å². The van der Waals surface area contributed by atoms with Crippen LogP contribution in [0.5, 0.6) is 5.75 Å². The number of benzene rings is 1. The quantitative estimate of drug-likeness (QED) is 0.502. The Kier molecular flexibility index (Phi) is 4.81. The van der Waals surface area contributed by atoms with Crippen molar-refractivity contribution in [1.82, 2.24) is 4.57 Å². The van der Waals surface area contributed by atoms with Crippen molar-refractivity contribution in [3.05, 3.63) is 62.9 Å². The number of ketones is 1. The van der Waals surface area contributed by atoms with Gasteiger partial charge in [-0.3, -0.25) is 14.4 Å². The number of carbonyl (C=O) groups is 2. The molecule has 0 radical (unpaired) electrons. The SMILES string of the molecule is CCOc1c(C=O)sc2cc(C)n(CC(=O)c3ccccc3)c(=O)c12. The largest absolute Gasteiger partial charge is 0.491 e. The predicted octanol–water partition coefficient (Wildman–Crippen LogP) is 3.47. The first-order chi connectivity index (χ1) is 12.1. The van der Waals surface area contributed by atoms with Gasteiger partial charge in [0.2, 0.25) is 0 Å². The van der Waals surface area contributed by atoms with Crippen LogP contribution >= 0.6 is 11.3 Å². The van der Waals surface area contributed by atoms with E-state index in [1.165, 1.54) is 15.9 Å². The molecule has 0 bridgehead atoms. The molecule has 25 heavy (non-hydrogen) atoms. The molecule has 3 rings (SSSR count). The topological polar surface area (TPSA) is 65.4 Å². The summed E-state index contributed by atoms with van der Waals surface area (Å²) in [5.41, 5.74) is 0.911. The van der Waals surface area contributed by atoms with E-state index in [-0.39, 0.29) is 17.9 Å². The van der Waals surface area contributed by atoms with E-state index >= 15 is 0 Å². The van der Waals surface area contributed by atoms with E-state index < -0.39 is 0 Å². The van der Waals surface area contributed by atoms with Gasteiger partial charge >= 0.3 is 0 Å². The highest BCUT2D eigenvalue weighted by Crippen LogP contribution is 2.35. The lowest BCUT2D eigenvalue weighted by atomic mass is 10.1. The van der Waals surface area contributed by atoms with Crippen LogP contribution in [0.15, 0.2) is 41.2 Å². The average molecular weight is 355 g/mol. The molecule has 2 aromatic heterocycles. The molecule has 0 spiro atoms. The summed E-state index contributed by atoms with van der Waals surface area (Å²) in [4.78, 5) is 37.1. The Morgan fingerprint density at radius 1 is 1.28 bits per heavy atom. The van der Waals surface area contributed by atoms with Crippen LogP contribution < -0.4 is 10.3 Å². The molecular formula is C19H17NO4S. The van der Waals surface area contributed by atoms with Gasteiger partial charge in [0.25, 0.3) is 5.56 Å². The highest BCUT2D eigenvalue weighted by Gasteiger charge is 2.20. The second kappa shape index (κ2) is 7.03. The van der Waals surface area contributed by atoms with Crippen molar-refractivity contribution in [3.63, 3.8) is 0 Å². The summed E-state index contributed by atoms with van der Waals surface area (Å²) in [5, 5.41) is 0.361. The minimum atomic E-state index is -0.313. The molecule has 0 saturated carbocycles. The molecule has 0 aliphatic carbocycles. The zero-order valence-electron chi connectivity index (χ0n) is 13.9. The van der Waals surface area contributed by atoms with Crippen LogP contribution in [-0.4, -0.2) is 23.2 Å². The number of carbonyl (C=O) groups excluding carboxylic acids is 2. The first kappa shape index (κ1) is 17.1. The van der Waals surface area contributed by atoms with E-state index in [2.05, 4.69) is 0 Å². The molecule has 0 fully saturated rings. The molecule has 5 nitrogen and oxygen atoms in total. The summed E-state index contributed by atoms with van der Waals surface area (Å²) < 4.78 is 7.65. The molecule has 0 amide bonds. The molecule has 0 saturated heterocycles. The highest BCUT2D eigenvalue weighted by atomic mass is 32.1. The Bertz CT molecular complexity index is 1000. The normalized spacial score (nSPS) is 10.8. The average Bonchev–Trinajstić information content (AvgIpc) is 2.97. The number of hydrogen-bond donors (Lipinski definition) is 0. The predicted molar refractivity (Wildman–Crippen MR) is 98.2 cm³/mol. The van der Waals surface area contributed by atoms with Crippen molar-refractivity contribution < 1.29 is 14.3 Å². The Morgan fingerprint density at radius 2 is 2.00 bits per heavy atom. The number of rotatable bonds is 6. The van der Waals surface area contributed by atoms with E-state index in [1.54, 1.807) is 38.1 Å². The fourth-order valence-electron chi connectivity index (χ4n) is 2.74. The van der Waals surface area contributed by atoms with Crippen molar-refractivity contribution in [1.29, 1.82) is 0 Å². The minimum Gasteiger partial charge on any atom is -0.491 e. The minimum absolute atomic E-state index is 0.0531. The monoisotopic (exact) mass is 355 g/mol. The second-order valence-corrected chi connectivity index (χ2v) is 6.64. The molecule has 128 valence electrons. The lowest BCUT2D eigenvalue weighted by molar-refractivity contribution is 0.0969. The lowest BCUT2D eigenvalue weighted by Gasteiger charge is -2.10.